The largest absolute Gasteiger partial charge is 0.444 e. The first-order chi connectivity index (χ1) is 8.30. The van der Waals surface area contributed by atoms with E-state index in [1.165, 1.54) is 0 Å². The summed E-state index contributed by atoms with van der Waals surface area (Å²) in [7, 11) is 0. The van der Waals surface area contributed by atoms with Crippen LogP contribution in [0.25, 0.3) is 0 Å². The number of amides is 1. The Kier molecular flexibility index (Phi) is 3.54. The van der Waals surface area contributed by atoms with Crippen LogP contribution in [0.5, 0.6) is 0 Å². The Hall–Kier alpha value is -0.840. The quantitative estimate of drug-likeness (QED) is 0.723. The monoisotopic (exact) mass is 258 g/mol. The zero-order chi connectivity index (χ0) is 13.4. The van der Waals surface area contributed by atoms with Crippen molar-refractivity contribution in [2.45, 2.75) is 57.3 Å². The molecule has 0 aliphatic carbocycles. The number of halogens is 1. The maximum Gasteiger partial charge on any atom is 0.410 e. The first-order valence-electron chi connectivity index (χ1n) is 6.67. The highest BCUT2D eigenvalue weighted by molar-refractivity contribution is 5.68. The van der Waals surface area contributed by atoms with E-state index < -0.39 is 11.8 Å². The standard InChI is InChI=1S/C13H23FN2O2/c1-12(2,3)18-11(17)16-6-4-5-13(9-16)7-10(14)8-15-13/h10,15H,4-9H2,1-3H3. The van der Waals surface area contributed by atoms with Crippen LogP contribution in [0.4, 0.5) is 9.18 Å². The van der Waals surface area contributed by atoms with Gasteiger partial charge in [-0.3, -0.25) is 0 Å². The molecule has 2 aliphatic rings. The Balaban J connectivity index is 1.97. The molecule has 2 unspecified atom stereocenters. The molecule has 2 rings (SSSR count). The summed E-state index contributed by atoms with van der Waals surface area (Å²) in [4.78, 5) is 13.7. The lowest BCUT2D eigenvalue weighted by Gasteiger charge is -2.40. The smallest absolute Gasteiger partial charge is 0.410 e. The Bertz CT molecular complexity index is 325. The summed E-state index contributed by atoms with van der Waals surface area (Å²) in [5.41, 5.74) is -0.706. The second kappa shape index (κ2) is 4.68. The molecule has 1 N–H and O–H groups in total. The van der Waals surface area contributed by atoms with Crippen molar-refractivity contribution >= 4 is 6.09 Å². The van der Waals surface area contributed by atoms with Crippen LogP contribution in [0.3, 0.4) is 0 Å². The van der Waals surface area contributed by atoms with Gasteiger partial charge in [0.1, 0.15) is 11.8 Å². The number of alkyl halides is 1. The zero-order valence-electron chi connectivity index (χ0n) is 11.5. The van der Waals surface area contributed by atoms with E-state index in [1.54, 1.807) is 4.90 Å². The van der Waals surface area contributed by atoms with Crippen molar-refractivity contribution in [1.29, 1.82) is 0 Å². The van der Waals surface area contributed by atoms with Crippen molar-refractivity contribution in [3.05, 3.63) is 0 Å². The highest BCUT2D eigenvalue weighted by atomic mass is 19.1. The van der Waals surface area contributed by atoms with E-state index in [-0.39, 0.29) is 11.6 Å². The van der Waals surface area contributed by atoms with E-state index in [2.05, 4.69) is 5.32 Å². The number of ether oxygens (including phenoxy) is 1. The van der Waals surface area contributed by atoms with E-state index in [1.807, 2.05) is 20.8 Å². The maximum atomic E-state index is 13.4. The topological polar surface area (TPSA) is 41.6 Å². The van der Waals surface area contributed by atoms with Gasteiger partial charge in [0.25, 0.3) is 0 Å². The molecule has 0 aromatic rings. The third-order valence-corrected chi connectivity index (χ3v) is 3.54. The fraction of sp³-hybridized carbons (Fsp3) is 0.923. The van der Waals surface area contributed by atoms with E-state index in [9.17, 15) is 9.18 Å². The summed E-state index contributed by atoms with van der Waals surface area (Å²) in [5.74, 6) is 0. The number of nitrogens with one attached hydrogen (secondary N) is 1. The second-order valence-corrected chi connectivity index (χ2v) is 6.47. The average Bonchev–Trinajstić information content (AvgIpc) is 2.57. The molecule has 2 heterocycles. The van der Waals surface area contributed by atoms with Crippen LogP contribution in [-0.4, -0.2) is 47.9 Å². The fourth-order valence-corrected chi connectivity index (χ4v) is 2.82. The summed E-state index contributed by atoms with van der Waals surface area (Å²) in [5, 5.41) is 3.24. The summed E-state index contributed by atoms with van der Waals surface area (Å²) < 4.78 is 18.7. The third kappa shape index (κ3) is 3.13. The second-order valence-electron chi connectivity index (χ2n) is 6.47. The van der Waals surface area contributed by atoms with Crippen LogP contribution < -0.4 is 5.32 Å². The lowest BCUT2D eigenvalue weighted by molar-refractivity contribution is 0.0120. The number of hydrogen-bond acceptors (Lipinski definition) is 3. The van der Waals surface area contributed by atoms with Gasteiger partial charge < -0.3 is 15.0 Å². The zero-order valence-corrected chi connectivity index (χ0v) is 11.5. The Morgan fingerprint density at radius 3 is 2.78 bits per heavy atom. The van der Waals surface area contributed by atoms with Crippen molar-refractivity contribution in [3.63, 3.8) is 0 Å². The van der Waals surface area contributed by atoms with Crippen molar-refractivity contribution < 1.29 is 13.9 Å². The number of rotatable bonds is 0. The molecule has 4 nitrogen and oxygen atoms in total. The first-order valence-corrected chi connectivity index (χ1v) is 6.67. The molecule has 1 spiro atoms. The Labute approximate surface area is 108 Å². The lowest BCUT2D eigenvalue weighted by atomic mass is 9.87. The minimum atomic E-state index is -0.788. The number of likely N-dealkylation sites (tertiary alicyclic amines) is 1. The minimum absolute atomic E-state index is 0.228. The van der Waals surface area contributed by atoms with Crippen molar-refractivity contribution in [2.75, 3.05) is 19.6 Å². The molecular weight excluding hydrogens is 235 g/mol. The van der Waals surface area contributed by atoms with Gasteiger partial charge in [-0.2, -0.15) is 0 Å². The van der Waals surface area contributed by atoms with Gasteiger partial charge in [0.05, 0.1) is 0 Å². The van der Waals surface area contributed by atoms with Gasteiger partial charge in [0.15, 0.2) is 0 Å². The number of piperidine rings is 1. The van der Waals surface area contributed by atoms with Gasteiger partial charge >= 0.3 is 6.09 Å². The summed E-state index contributed by atoms with van der Waals surface area (Å²) >= 11 is 0. The number of hydrogen-bond donors (Lipinski definition) is 1. The van der Waals surface area contributed by atoms with Crippen molar-refractivity contribution in [2.24, 2.45) is 0 Å². The normalized spacial score (nSPS) is 32.9. The van der Waals surface area contributed by atoms with E-state index in [0.29, 0.717) is 26.1 Å². The highest BCUT2D eigenvalue weighted by Crippen LogP contribution is 2.31. The lowest BCUT2D eigenvalue weighted by Crippen LogP contribution is -2.56. The van der Waals surface area contributed by atoms with Crippen LogP contribution in [-0.2, 0) is 4.74 Å². The number of carbonyl (C=O) groups is 1. The van der Waals surface area contributed by atoms with Crippen LogP contribution >= 0.6 is 0 Å². The van der Waals surface area contributed by atoms with Crippen molar-refractivity contribution in [3.8, 4) is 0 Å². The molecule has 0 bridgehead atoms. The average molecular weight is 258 g/mol. The van der Waals surface area contributed by atoms with Gasteiger partial charge in [-0.05, 0) is 40.0 Å². The maximum absolute atomic E-state index is 13.4. The number of nitrogens with zero attached hydrogens (tertiary/aromatic N) is 1. The van der Waals surface area contributed by atoms with Gasteiger partial charge in [0.2, 0.25) is 0 Å². The van der Waals surface area contributed by atoms with Crippen LogP contribution in [0.15, 0.2) is 0 Å². The molecule has 0 aromatic heterocycles. The molecule has 1 amide bonds. The van der Waals surface area contributed by atoms with Crippen molar-refractivity contribution in [1.82, 2.24) is 10.2 Å². The molecule has 0 aromatic carbocycles. The Morgan fingerprint density at radius 1 is 1.50 bits per heavy atom. The number of carbonyl (C=O) groups excluding carboxylic acids is 1. The molecule has 2 fully saturated rings. The summed E-state index contributed by atoms with van der Waals surface area (Å²) in [6, 6.07) is 0. The SMILES string of the molecule is CC(C)(C)OC(=O)N1CCCC2(CC(F)CN2)C1. The van der Waals surface area contributed by atoms with Crippen LogP contribution in [0.2, 0.25) is 0 Å². The molecule has 2 aliphatic heterocycles. The van der Waals surface area contributed by atoms with E-state index in [0.717, 1.165) is 12.8 Å². The van der Waals surface area contributed by atoms with Gasteiger partial charge in [-0.25, -0.2) is 9.18 Å². The van der Waals surface area contributed by atoms with Crippen LogP contribution in [0.1, 0.15) is 40.0 Å². The molecule has 5 heteroatoms. The molecule has 0 radical (unpaired) electrons. The first kappa shape index (κ1) is 13.6. The van der Waals surface area contributed by atoms with E-state index >= 15 is 0 Å². The molecule has 104 valence electrons. The molecule has 18 heavy (non-hydrogen) atoms. The molecule has 0 saturated carbocycles. The van der Waals surface area contributed by atoms with Gasteiger partial charge in [0, 0.05) is 25.2 Å². The summed E-state index contributed by atoms with van der Waals surface area (Å²) in [6.07, 6.45) is 1.27. The molecule has 2 atom stereocenters. The highest BCUT2D eigenvalue weighted by Gasteiger charge is 2.43. The predicted octanol–water partition coefficient (Wildman–Crippen LogP) is 2.09. The minimum Gasteiger partial charge on any atom is -0.444 e. The predicted molar refractivity (Wildman–Crippen MR) is 67.3 cm³/mol. The fourth-order valence-electron chi connectivity index (χ4n) is 2.82. The van der Waals surface area contributed by atoms with Crippen LogP contribution in [0, 0.1) is 0 Å². The van der Waals surface area contributed by atoms with E-state index in [4.69, 9.17) is 4.74 Å². The molecular formula is C13H23FN2O2. The van der Waals surface area contributed by atoms with Gasteiger partial charge in [-0.15, -0.1) is 0 Å². The summed E-state index contributed by atoms with van der Waals surface area (Å²) in [6.45, 7) is 7.24. The van der Waals surface area contributed by atoms with Gasteiger partial charge in [-0.1, -0.05) is 0 Å². The third-order valence-electron chi connectivity index (χ3n) is 3.54. The molecule has 2 saturated heterocycles. The Morgan fingerprint density at radius 2 is 2.22 bits per heavy atom.